The zero-order valence-electron chi connectivity index (χ0n) is 9.44. The summed E-state index contributed by atoms with van der Waals surface area (Å²) in [5.74, 6) is 6.65. The number of para-hydroxylation sites is 2. The van der Waals surface area contributed by atoms with Crippen molar-refractivity contribution in [2.45, 2.75) is 0 Å². The Bertz CT molecular complexity index is 730. The number of fused-ring (bicyclic) bond motifs is 1. The second kappa shape index (κ2) is 4.56. The van der Waals surface area contributed by atoms with E-state index in [2.05, 4.69) is 21.8 Å². The number of rotatable bonds is 0. The van der Waals surface area contributed by atoms with E-state index < -0.39 is 0 Å². The first-order chi connectivity index (χ1) is 8.83. The van der Waals surface area contributed by atoms with Crippen molar-refractivity contribution in [3.63, 3.8) is 0 Å². The monoisotopic (exact) mass is 252 g/mol. The van der Waals surface area contributed by atoms with Crippen LogP contribution in [0.3, 0.4) is 0 Å². The van der Waals surface area contributed by atoms with Gasteiger partial charge in [0.1, 0.15) is 0 Å². The minimum Gasteiger partial charge on any atom is -0.331 e. The normalized spacial score (nSPS) is 10.1. The summed E-state index contributed by atoms with van der Waals surface area (Å²) in [6.45, 7) is 0. The third-order valence-corrected chi connectivity index (χ3v) is 2.91. The van der Waals surface area contributed by atoms with Crippen molar-refractivity contribution in [1.82, 2.24) is 9.97 Å². The Hall–Kier alpha value is -2.24. The van der Waals surface area contributed by atoms with Gasteiger partial charge in [0.25, 0.3) is 0 Å². The molecule has 2 aromatic carbocycles. The molecule has 1 aromatic heterocycles. The minimum absolute atomic E-state index is 0.649. The van der Waals surface area contributed by atoms with Gasteiger partial charge in [0.15, 0.2) is 5.82 Å². The predicted molar refractivity (Wildman–Crippen MR) is 73.5 cm³/mol. The van der Waals surface area contributed by atoms with E-state index >= 15 is 0 Å². The van der Waals surface area contributed by atoms with Gasteiger partial charge in [-0.15, -0.1) is 0 Å². The molecule has 0 aliphatic heterocycles. The van der Waals surface area contributed by atoms with Crippen molar-refractivity contribution in [2.75, 3.05) is 0 Å². The number of benzene rings is 2. The van der Waals surface area contributed by atoms with Gasteiger partial charge in [-0.2, -0.15) is 0 Å². The standard InChI is InChI=1S/C15H9ClN2/c16-12-6-2-1-5-11(12)9-10-15-17-13-7-3-4-8-14(13)18-15/h1-8H,(H,17,18). The van der Waals surface area contributed by atoms with Crippen LogP contribution in [0.15, 0.2) is 48.5 Å². The van der Waals surface area contributed by atoms with Crippen LogP contribution in [-0.2, 0) is 0 Å². The van der Waals surface area contributed by atoms with Crippen LogP contribution < -0.4 is 0 Å². The molecule has 0 radical (unpaired) electrons. The van der Waals surface area contributed by atoms with Crippen LogP contribution in [0.5, 0.6) is 0 Å². The molecule has 0 fully saturated rings. The SMILES string of the molecule is Clc1ccccc1C#Cc1nc2ccccc2[nH]1. The molecule has 0 saturated heterocycles. The Labute approximate surface area is 110 Å². The van der Waals surface area contributed by atoms with E-state index in [-0.39, 0.29) is 0 Å². The molecule has 0 spiro atoms. The highest BCUT2D eigenvalue weighted by Gasteiger charge is 1.98. The number of nitrogens with one attached hydrogen (secondary N) is 1. The number of H-pyrrole nitrogens is 1. The quantitative estimate of drug-likeness (QED) is 0.609. The van der Waals surface area contributed by atoms with E-state index in [1.165, 1.54) is 0 Å². The van der Waals surface area contributed by atoms with Gasteiger partial charge >= 0.3 is 0 Å². The third kappa shape index (κ3) is 2.09. The van der Waals surface area contributed by atoms with Crippen LogP contribution >= 0.6 is 11.6 Å². The summed E-state index contributed by atoms with van der Waals surface area (Å²) in [6, 6.07) is 15.3. The van der Waals surface area contributed by atoms with Gasteiger partial charge in [-0.1, -0.05) is 41.8 Å². The summed E-state index contributed by atoms with van der Waals surface area (Å²) >= 11 is 6.04. The first-order valence-corrected chi connectivity index (χ1v) is 5.92. The van der Waals surface area contributed by atoms with Gasteiger partial charge in [0.05, 0.1) is 16.1 Å². The molecule has 0 atom stereocenters. The fraction of sp³-hybridized carbons (Fsp3) is 0. The first-order valence-electron chi connectivity index (χ1n) is 5.54. The summed E-state index contributed by atoms with van der Waals surface area (Å²) < 4.78 is 0. The van der Waals surface area contributed by atoms with Gasteiger partial charge in [-0.3, -0.25) is 0 Å². The van der Waals surface area contributed by atoms with Crippen LogP contribution in [-0.4, -0.2) is 9.97 Å². The zero-order chi connectivity index (χ0) is 12.4. The summed E-state index contributed by atoms with van der Waals surface area (Å²) in [6.07, 6.45) is 0. The molecule has 3 heteroatoms. The Morgan fingerprint density at radius 2 is 1.72 bits per heavy atom. The van der Waals surface area contributed by atoms with Gasteiger partial charge in [0.2, 0.25) is 0 Å². The van der Waals surface area contributed by atoms with E-state index in [1.54, 1.807) is 0 Å². The van der Waals surface area contributed by atoms with Crippen molar-refractivity contribution in [3.8, 4) is 11.8 Å². The largest absolute Gasteiger partial charge is 0.331 e. The predicted octanol–water partition coefficient (Wildman–Crippen LogP) is 3.62. The molecule has 2 nitrogen and oxygen atoms in total. The molecule has 0 bridgehead atoms. The molecule has 3 rings (SSSR count). The third-order valence-electron chi connectivity index (χ3n) is 2.58. The molecule has 0 aliphatic rings. The van der Waals surface area contributed by atoms with E-state index in [0.717, 1.165) is 16.6 Å². The zero-order valence-corrected chi connectivity index (χ0v) is 10.2. The number of halogens is 1. The van der Waals surface area contributed by atoms with Crippen LogP contribution in [0.4, 0.5) is 0 Å². The topological polar surface area (TPSA) is 28.7 Å². The highest BCUT2D eigenvalue weighted by atomic mass is 35.5. The number of hydrogen-bond donors (Lipinski definition) is 1. The molecule has 3 aromatic rings. The average molecular weight is 253 g/mol. The Kier molecular flexibility index (Phi) is 2.76. The van der Waals surface area contributed by atoms with E-state index in [1.807, 2.05) is 48.5 Å². The van der Waals surface area contributed by atoms with Crippen LogP contribution in [0.25, 0.3) is 11.0 Å². The molecular formula is C15H9ClN2. The number of aromatic nitrogens is 2. The van der Waals surface area contributed by atoms with Crippen LogP contribution in [0, 0.1) is 11.8 Å². The van der Waals surface area contributed by atoms with Crippen molar-refractivity contribution in [3.05, 3.63) is 64.9 Å². The first kappa shape index (κ1) is 10.9. The van der Waals surface area contributed by atoms with Crippen LogP contribution in [0.1, 0.15) is 11.4 Å². The maximum absolute atomic E-state index is 6.04. The number of imidazole rings is 1. The molecule has 1 heterocycles. The lowest BCUT2D eigenvalue weighted by Crippen LogP contribution is -1.79. The number of nitrogens with zero attached hydrogens (tertiary/aromatic N) is 1. The molecular weight excluding hydrogens is 244 g/mol. The summed E-state index contributed by atoms with van der Waals surface area (Å²) in [5.41, 5.74) is 2.71. The van der Waals surface area contributed by atoms with Gasteiger partial charge in [-0.25, -0.2) is 4.98 Å². The summed E-state index contributed by atoms with van der Waals surface area (Å²) in [4.78, 5) is 7.54. The molecule has 1 N–H and O–H groups in total. The number of hydrogen-bond acceptors (Lipinski definition) is 1. The van der Waals surface area contributed by atoms with E-state index in [0.29, 0.717) is 10.8 Å². The lowest BCUT2D eigenvalue weighted by atomic mass is 10.2. The Morgan fingerprint density at radius 3 is 2.56 bits per heavy atom. The Balaban J connectivity index is 2.00. The molecule has 18 heavy (non-hydrogen) atoms. The molecule has 0 aliphatic carbocycles. The minimum atomic E-state index is 0.649. The van der Waals surface area contributed by atoms with Crippen molar-refractivity contribution < 1.29 is 0 Å². The average Bonchev–Trinajstić information content (AvgIpc) is 2.80. The van der Waals surface area contributed by atoms with Gasteiger partial charge in [-0.05, 0) is 30.2 Å². The van der Waals surface area contributed by atoms with Crippen molar-refractivity contribution >= 4 is 22.6 Å². The van der Waals surface area contributed by atoms with Gasteiger partial charge < -0.3 is 4.98 Å². The van der Waals surface area contributed by atoms with Crippen LogP contribution in [0.2, 0.25) is 5.02 Å². The molecule has 0 unspecified atom stereocenters. The fourth-order valence-corrected chi connectivity index (χ4v) is 1.88. The highest BCUT2D eigenvalue weighted by Crippen LogP contribution is 2.14. The van der Waals surface area contributed by atoms with Crippen molar-refractivity contribution in [1.29, 1.82) is 0 Å². The smallest absolute Gasteiger partial charge is 0.184 e. The molecule has 86 valence electrons. The van der Waals surface area contributed by atoms with E-state index in [9.17, 15) is 0 Å². The fourth-order valence-electron chi connectivity index (χ4n) is 1.70. The van der Waals surface area contributed by atoms with E-state index in [4.69, 9.17) is 11.6 Å². The van der Waals surface area contributed by atoms with Gasteiger partial charge in [0, 0.05) is 5.56 Å². The lowest BCUT2D eigenvalue weighted by Gasteiger charge is -1.91. The summed E-state index contributed by atoms with van der Waals surface area (Å²) in [7, 11) is 0. The maximum atomic E-state index is 6.04. The summed E-state index contributed by atoms with van der Waals surface area (Å²) in [5, 5.41) is 0.654. The lowest BCUT2D eigenvalue weighted by molar-refractivity contribution is 1.28. The number of aromatic amines is 1. The second-order valence-electron chi connectivity index (χ2n) is 3.83. The second-order valence-corrected chi connectivity index (χ2v) is 4.24. The Morgan fingerprint density at radius 1 is 0.944 bits per heavy atom. The molecule has 0 amide bonds. The van der Waals surface area contributed by atoms with Crippen molar-refractivity contribution in [2.24, 2.45) is 0 Å². The highest BCUT2D eigenvalue weighted by molar-refractivity contribution is 6.31. The molecule has 0 saturated carbocycles. The maximum Gasteiger partial charge on any atom is 0.184 e.